The topological polar surface area (TPSA) is 41.1 Å². The quantitative estimate of drug-likeness (QED) is 0.861. The lowest BCUT2D eigenvalue weighted by molar-refractivity contribution is 0.616. The first-order valence-electron chi connectivity index (χ1n) is 8.08. The van der Waals surface area contributed by atoms with Crippen LogP contribution >= 0.6 is 0 Å². The summed E-state index contributed by atoms with van der Waals surface area (Å²) in [6.07, 6.45) is 7.62. The van der Waals surface area contributed by atoms with Crippen LogP contribution in [0.15, 0.2) is 6.33 Å². The number of nitrogens with one attached hydrogen (secondary N) is 1. The Kier molecular flexibility index (Phi) is 5.21. The van der Waals surface area contributed by atoms with Gasteiger partial charge in [0.1, 0.15) is 18.0 Å². The summed E-state index contributed by atoms with van der Waals surface area (Å²) >= 11 is 0. The first kappa shape index (κ1) is 15.1. The predicted octanol–water partition coefficient (Wildman–Crippen LogP) is 3.63. The average molecular weight is 276 g/mol. The second-order valence-electron chi connectivity index (χ2n) is 5.70. The molecule has 1 fully saturated rings. The molecule has 112 valence electrons. The smallest absolute Gasteiger partial charge is 0.137 e. The van der Waals surface area contributed by atoms with Gasteiger partial charge in [0, 0.05) is 24.2 Å². The van der Waals surface area contributed by atoms with Crippen molar-refractivity contribution in [3.8, 4) is 0 Å². The Hall–Kier alpha value is -1.32. The lowest BCUT2D eigenvalue weighted by Gasteiger charge is -2.31. The van der Waals surface area contributed by atoms with Crippen LogP contribution in [-0.4, -0.2) is 28.6 Å². The Labute approximate surface area is 123 Å². The highest BCUT2D eigenvalue weighted by Gasteiger charge is 2.32. The van der Waals surface area contributed by atoms with E-state index in [2.05, 4.69) is 47.9 Å². The van der Waals surface area contributed by atoms with Crippen molar-refractivity contribution < 1.29 is 0 Å². The van der Waals surface area contributed by atoms with Crippen molar-refractivity contribution in [1.29, 1.82) is 0 Å². The van der Waals surface area contributed by atoms with Gasteiger partial charge in [-0.1, -0.05) is 20.3 Å². The van der Waals surface area contributed by atoms with E-state index >= 15 is 0 Å². The van der Waals surface area contributed by atoms with E-state index in [1.807, 2.05) is 0 Å². The molecule has 0 bridgehead atoms. The fourth-order valence-electron chi connectivity index (χ4n) is 3.28. The lowest BCUT2D eigenvalue weighted by atomic mass is 10.1. The van der Waals surface area contributed by atoms with Gasteiger partial charge in [-0.15, -0.1) is 0 Å². The zero-order valence-electron chi connectivity index (χ0n) is 13.3. The SMILES string of the molecule is CCCc1c(NCC)ncnc1N1C(C)CCC1CC. The molecule has 2 atom stereocenters. The van der Waals surface area contributed by atoms with E-state index in [9.17, 15) is 0 Å². The van der Waals surface area contributed by atoms with Crippen LogP contribution in [0.4, 0.5) is 11.6 Å². The van der Waals surface area contributed by atoms with Crippen LogP contribution in [0.3, 0.4) is 0 Å². The third-order valence-corrected chi connectivity index (χ3v) is 4.27. The first-order chi connectivity index (χ1) is 9.72. The van der Waals surface area contributed by atoms with Crippen molar-refractivity contribution in [3.63, 3.8) is 0 Å². The summed E-state index contributed by atoms with van der Waals surface area (Å²) in [4.78, 5) is 11.6. The summed E-state index contributed by atoms with van der Waals surface area (Å²) < 4.78 is 0. The maximum Gasteiger partial charge on any atom is 0.137 e. The summed E-state index contributed by atoms with van der Waals surface area (Å²) in [5, 5.41) is 3.39. The molecular formula is C16H28N4. The van der Waals surface area contributed by atoms with E-state index in [0.717, 1.165) is 31.0 Å². The minimum atomic E-state index is 0.583. The van der Waals surface area contributed by atoms with Crippen LogP contribution in [-0.2, 0) is 6.42 Å². The van der Waals surface area contributed by atoms with Crippen molar-refractivity contribution in [2.45, 2.75) is 71.9 Å². The summed E-state index contributed by atoms with van der Waals surface area (Å²) in [5.74, 6) is 2.18. The van der Waals surface area contributed by atoms with Gasteiger partial charge in [0.05, 0.1) is 0 Å². The molecule has 0 saturated carbocycles. The fraction of sp³-hybridized carbons (Fsp3) is 0.750. The molecule has 0 amide bonds. The molecule has 1 aliphatic heterocycles. The third-order valence-electron chi connectivity index (χ3n) is 4.27. The summed E-state index contributed by atoms with van der Waals surface area (Å²) in [7, 11) is 0. The highest BCUT2D eigenvalue weighted by Crippen LogP contribution is 2.35. The molecule has 1 aliphatic rings. The number of rotatable bonds is 6. The summed E-state index contributed by atoms with van der Waals surface area (Å²) in [5.41, 5.74) is 1.30. The predicted molar refractivity (Wildman–Crippen MR) is 85.4 cm³/mol. The van der Waals surface area contributed by atoms with Crippen molar-refractivity contribution in [1.82, 2.24) is 9.97 Å². The first-order valence-corrected chi connectivity index (χ1v) is 8.08. The minimum absolute atomic E-state index is 0.583. The van der Waals surface area contributed by atoms with E-state index in [1.165, 1.54) is 24.8 Å². The Morgan fingerprint density at radius 3 is 2.70 bits per heavy atom. The molecule has 0 spiro atoms. The van der Waals surface area contributed by atoms with E-state index in [4.69, 9.17) is 0 Å². The van der Waals surface area contributed by atoms with Gasteiger partial charge in [-0.05, 0) is 39.5 Å². The van der Waals surface area contributed by atoms with Crippen molar-refractivity contribution in [2.75, 3.05) is 16.8 Å². The van der Waals surface area contributed by atoms with Crippen molar-refractivity contribution in [3.05, 3.63) is 11.9 Å². The van der Waals surface area contributed by atoms with Crippen LogP contribution < -0.4 is 10.2 Å². The van der Waals surface area contributed by atoms with E-state index in [1.54, 1.807) is 6.33 Å². The fourth-order valence-corrected chi connectivity index (χ4v) is 3.28. The normalized spacial score (nSPS) is 22.3. The molecule has 1 N–H and O–H groups in total. The summed E-state index contributed by atoms with van der Waals surface area (Å²) in [6.45, 7) is 9.84. The molecular weight excluding hydrogens is 248 g/mol. The van der Waals surface area contributed by atoms with Crippen LogP contribution in [0.25, 0.3) is 0 Å². The second kappa shape index (κ2) is 6.91. The van der Waals surface area contributed by atoms with E-state index in [0.29, 0.717) is 12.1 Å². The molecule has 0 aliphatic carbocycles. The van der Waals surface area contributed by atoms with Gasteiger partial charge in [-0.25, -0.2) is 9.97 Å². The van der Waals surface area contributed by atoms with Crippen LogP contribution in [0.2, 0.25) is 0 Å². The molecule has 0 radical (unpaired) electrons. The summed E-state index contributed by atoms with van der Waals surface area (Å²) in [6, 6.07) is 1.21. The standard InChI is InChI=1S/C16H28N4/c1-5-8-14-15(17-7-3)18-11-19-16(14)20-12(4)9-10-13(20)6-2/h11-13H,5-10H2,1-4H3,(H,17,18,19). The molecule has 4 nitrogen and oxygen atoms in total. The largest absolute Gasteiger partial charge is 0.370 e. The Morgan fingerprint density at radius 2 is 2.05 bits per heavy atom. The molecule has 2 heterocycles. The van der Waals surface area contributed by atoms with E-state index < -0.39 is 0 Å². The Balaban J connectivity index is 2.41. The molecule has 1 aromatic heterocycles. The zero-order valence-corrected chi connectivity index (χ0v) is 13.3. The number of hydrogen-bond acceptors (Lipinski definition) is 4. The van der Waals surface area contributed by atoms with Gasteiger partial charge in [0.25, 0.3) is 0 Å². The molecule has 1 saturated heterocycles. The second-order valence-corrected chi connectivity index (χ2v) is 5.70. The van der Waals surface area contributed by atoms with Crippen LogP contribution in [0.1, 0.15) is 58.9 Å². The Bertz CT molecular complexity index is 432. The maximum atomic E-state index is 4.65. The highest BCUT2D eigenvalue weighted by atomic mass is 15.3. The zero-order chi connectivity index (χ0) is 14.5. The highest BCUT2D eigenvalue weighted by molar-refractivity contribution is 5.60. The molecule has 1 aromatic rings. The number of hydrogen-bond donors (Lipinski definition) is 1. The van der Waals surface area contributed by atoms with Gasteiger partial charge in [-0.3, -0.25) is 0 Å². The monoisotopic (exact) mass is 276 g/mol. The lowest BCUT2D eigenvalue weighted by Crippen LogP contribution is -2.36. The molecule has 2 unspecified atom stereocenters. The van der Waals surface area contributed by atoms with Gasteiger partial charge < -0.3 is 10.2 Å². The van der Waals surface area contributed by atoms with Gasteiger partial charge in [0.2, 0.25) is 0 Å². The van der Waals surface area contributed by atoms with Crippen molar-refractivity contribution >= 4 is 11.6 Å². The van der Waals surface area contributed by atoms with Gasteiger partial charge >= 0.3 is 0 Å². The van der Waals surface area contributed by atoms with Crippen LogP contribution in [0.5, 0.6) is 0 Å². The number of aromatic nitrogens is 2. The number of nitrogens with zero attached hydrogens (tertiary/aromatic N) is 3. The van der Waals surface area contributed by atoms with Crippen LogP contribution in [0, 0.1) is 0 Å². The van der Waals surface area contributed by atoms with Gasteiger partial charge in [-0.2, -0.15) is 0 Å². The molecule has 2 rings (SSSR count). The van der Waals surface area contributed by atoms with Gasteiger partial charge in [0.15, 0.2) is 0 Å². The number of anilines is 2. The van der Waals surface area contributed by atoms with E-state index in [-0.39, 0.29) is 0 Å². The molecule has 4 heteroatoms. The maximum absolute atomic E-state index is 4.65. The minimum Gasteiger partial charge on any atom is -0.370 e. The third kappa shape index (κ3) is 2.89. The molecule has 20 heavy (non-hydrogen) atoms. The average Bonchev–Trinajstić information content (AvgIpc) is 2.82. The Morgan fingerprint density at radius 1 is 1.25 bits per heavy atom. The molecule has 0 aromatic carbocycles. The van der Waals surface area contributed by atoms with Crippen molar-refractivity contribution in [2.24, 2.45) is 0 Å².